The van der Waals surface area contributed by atoms with Gasteiger partial charge >= 0.3 is 0 Å². The average molecular weight is 239 g/mol. The summed E-state index contributed by atoms with van der Waals surface area (Å²) in [6.45, 7) is 3.11. The van der Waals surface area contributed by atoms with Gasteiger partial charge in [-0.15, -0.1) is 0 Å². The number of carbonyl (C=O) groups is 1. The molecule has 0 aromatic rings. The number of hydrogen-bond acceptors (Lipinski definition) is 3. The van der Waals surface area contributed by atoms with Gasteiger partial charge in [0.15, 0.2) is 0 Å². The van der Waals surface area contributed by atoms with Crippen LogP contribution in [0.5, 0.6) is 0 Å². The number of carbonyl (C=O) groups excluding carboxylic acids is 1. The molecule has 17 heavy (non-hydrogen) atoms. The molecule has 3 nitrogen and oxygen atoms in total. The molecule has 1 N–H and O–H groups in total. The summed E-state index contributed by atoms with van der Waals surface area (Å²) in [5.74, 6) is 1.11. The van der Waals surface area contributed by atoms with Crippen molar-refractivity contribution in [2.45, 2.75) is 57.5 Å². The Morgan fingerprint density at radius 2 is 2.06 bits per heavy atom. The van der Waals surface area contributed by atoms with Crippen LogP contribution in [0.25, 0.3) is 0 Å². The predicted molar refractivity (Wildman–Crippen MR) is 68.0 cm³/mol. The maximum Gasteiger partial charge on any atom is 0.133 e. The van der Waals surface area contributed by atoms with Crippen LogP contribution < -0.4 is 5.32 Å². The zero-order valence-electron chi connectivity index (χ0n) is 10.7. The van der Waals surface area contributed by atoms with Crippen molar-refractivity contribution in [1.29, 1.82) is 0 Å². The Balaban J connectivity index is 1.53. The lowest BCUT2D eigenvalue weighted by molar-refractivity contribution is -0.120. The van der Waals surface area contributed by atoms with Crippen LogP contribution in [0.4, 0.5) is 0 Å². The Bertz CT molecular complexity index is 230. The first-order valence-corrected chi connectivity index (χ1v) is 7.18. The van der Waals surface area contributed by atoms with E-state index in [4.69, 9.17) is 4.74 Å². The van der Waals surface area contributed by atoms with E-state index in [1.54, 1.807) is 0 Å². The molecular formula is C14H25NO2. The quantitative estimate of drug-likeness (QED) is 0.773. The number of rotatable bonds is 6. The van der Waals surface area contributed by atoms with Crippen LogP contribution in [0, 0.1) is 5.92 Å². The van der Waals surface area contributed by atoms with Gasteiger partial charge < -0.3 is 10.1 Å². The van der Waals surface area contributed by atoms with Gasteiger partial charge in [0.2, 0.25) is 0 Å². The normalized spacial score (nSPS) is 26.2. The summed E-state index contributed by atoms with van der Waals surface area (Å²) in [5, 5.41) is 3.34. The highest BCUT2D eigenvalue weighted by atomic mass is 16.5. The van der Waals surface area contributed by atoms with E-state index in [1.165, 1.54) is 25.7 Å². The van der Waals surface area contributed by atoms with Gasteiger partial charge in [0.25, 0.3) is 0 Å². The summed E-state index contributed by atoms with van der Waals surface area (Å²) < 4.78 is 5.57. The van der Waals surface area contributed by atoms with Crippen molar-refractivity contribution in [2.75, 3.05) is 19.7 Å². The van der Waals surface area contributed by atoms with Crippen molar-refractivity contribution in [3.8, 4) is 0 Å². The van der Waals surface area contributed by atoms with Gasteiger partial charge in [-0.05, 0) is 57.5 Å². The number of ether oxygens (including phenoxy) is 1. The van der Waals surface area contributed by atoms with Crippen molar-refractivity contribution >= 4 is 5.78 Å². The molecule has 0 saturated carbocycles. The molecule has 2 aliphatic heterocycles. The minimum absolute atomic E-state index is 0.446. The van der Waals surface area contributed by atoms with Gasteiger partial charge in [-0.2, -0.15) is 0 Å². The van der Waals surface area contributed by atoms with Gasteiger partial charge in [-0.25, -0.2) is 0 Å². The number of piperidine rings is 1. The monoisotopic (exact) mass is 239 g/mol. The van der Waals surface area contributed by atoms with Crippen molar-refractivity contribution in [2.24, 2.45) is 5.92 Å². The fourth-order valence-corrected chi connectivity index (χ4v) is 2.91. The zero-order chi connectivity index (χ0) is 11.9. The van der Waals surface area contributed by atoms with Crippen LogP contribution in [0.2, 0.25) is 0 Å². The van der Waals surface area contributed by atoms with E-state index < -0.39 is 0 Å². The lowest BCUT2D eigenvalue weighted by Crippen LogP contribution is -2.28. The minimum Gasteiger partial charge on any atom is -0.378 e. The summed E-state index contributed by atoms with van der Waals surface area (Å²) >= 11 is 0. The second-order valence-electron chi connectivity index (χ2n) is 5.46. The van der Waals surface area contributed by atoms with Crippen molar-refractivity contribution in [3.63, 3.8) is 0 Å². The van der Waals surface area contributed by atoms with Gasteiger partial charge in [0.05, 0.1) is 6.10 Å². The van der Waals surface area contributed by atoms with Crippen LogP contribution in [-0.2, 0) is 9.53 Å². The molecule has 0 aromatic carbocycles. The predicted octanol–water partition coefficient (Wildman–Crippen LogP) is 2.29. The molecule has 98 valence electrons. The molecule has 2 rings (SSSR count). The molecular weight excluding hydrogens is 214 g/mol. The fraction of sp³-hybridized carbons (Fsp3) is 0.929. The summed E-state index contributed by atoms with van der Waals surface area (Å²) in [5.41, 5.74) is 0. The molecule has 2 aliphatic rings. The van der Waals surface area contributed by atoms with E-state index in [1.807, 2.05) is 0 Å². The smallest absolute Gasteiger partial charge is 0.133 e. The van der Waals surface area contributed by atoms with Crippen molar-refractivity contribution < 1.29 is 9.53 Å². The van der Waals surface area contributed by atoms with Gasteiger partial charge in [-0.1, -0.05) is 0 Å². The lowest BCUT2D eigenvalue weighted by Gasteiger charge is -2.21. The molecule has 1 atom stereocenters. The first-order valence-electron chi connectivity index (χ1n) is 7.18. The zero-order valence-corrected chi connectivity index (χ0v) is 10.7. The number of Topliss-reactive ketones (excluding diaryl/α,β-unsaturated/α-hetero) is 1. The van der Waals surface area contributed by atoms with E-state index in [9.17, 15) is 4.79 Å². The molecule has 1 unspecified atom stereocenters. The maximum atomic E-state index is 11.8. The number of ketones is 1. The van der Waals surface area contributed by atoms with Crippen LogP contribution in [0.3, 0.4) is 0 Å². The Labute approximate surface area is 104 Å². The summed E-state index contributed by atoms with van der Waals surface area (Å²) in [6, 6.07) is 0. The van der Waals surface area contributed by atoms with Crippen LogP contribution in [0.15, 0.2) is 0 Å². The summed E-state index contributed by atoms with van der Waals surface area (Å²) in [7, 11) is 0. The SMILES string of the molecule is O=C(CCCC1CCCO1)CC1CCNCC1. The Morgan fingerprint density at radius 1 is 1.24 bits per heavy atom. The Morgan fingerprint density at radius 3 is 2.76 bits per heavy atom. The van der Waals surface area contributed by atoms with E-state index in [-0.39, 0.29) is 0 Å². The second-order valence-corrected chi connectivity index (χ2v) is 5.46. The Hall–Kier alpha value is -0.410. The highest BCUT2D eigenvalue weighted by Crippen LogP contribution is 2.20. The van der Waals surface area contributed by atoms with Crippen LogP contribution in [-0.4, -0.2) is 31.6 Å². The Kier molecular flexibility index (Phi) is 5.46. The lowest BCUT2D eigenvalue weighted by atomic mass is 9.91. The van der Waals surface area contributed by atoms with Gasteiger partial charge in [-0.3, -0.25) is 4.79 Å². The molecule has 0 aliphatic carbocycles. The van der Waals surface area contributed by atoms with E-state index in [0.717, 1.165) is 45.4 Å². The van der Waals surface area contributed by atoms with E-state index >= 15 is 0 Å². The molecule has 0 aromatic heterocycles. The average Bonchev–Trinajstić information content (AvgIpc) is 2.83. The first-order chi connectivity index (χ1) is 8.34. The number of nitrogens with one attached hydrogen (secondary N) is 1. The molecule has 0 spiro atoms. The van der Waals surface area contributed by atoms with Crippen LogP contribution >= 0.6 is 0 Å². The highest BCUT2D eigenvalue weighted by Gasteiger charge is 2.18. The third-order valence-corrected chi connectivity index (χ3v) is 3.98. The van der Waals surface area contributed by atoms with E-state index in [2.05, 4.69) is 5.32 Å². The fourth-order valence-electron chi connectivity index (χ4n) is 2.91. The molecule has 0 amide bonds. The third-order valence-electron chi connectivity index (χ3n) is 3.98. The summed E-state index contributed by atoms with van der Waals surface area (Å²) in [4.78, 5) is 11.8. The third kappa shape index (κ3) is 4.76. The van der Waals surface area contributed by atoms with Crippen molar-refractivity contribution in [3.05, 3.63) is 0 Å². The van der Waals surface area contributed by atoms with E-state index in [0.29, 0.717) is 17.8 Å². The summed E-state index contributed by atoms with van der Waals surface area (Å²) in [6.07, 6.45) is 8.89. The largest absolute Gasteiger partial charge is 0.378 e. The molecule has 2 saturated heterocycles. The van der Waals surface area contributed by atoms with Gasteiger partial charge in [0.1, 0.15) is 5.78 Å². The molecule has 3 heteroatoms. The maximum absolute atomic E-state index is 11.8. The first kappa shape index (κ1) is 13.0. The minimum atomic E-state index is 0.446. The van der Waals surface area contributed by atoms with Crippen molar-refractivity contribution in [1.82, 2.24) is 5.32 Å². The topological polar surface area (TPSA) is 38.3 Å². The molecule has 2 heterocycles. The molecule has 0 radical (unpaired) electrons. The standard InChI is InChI=1S/C14H25NO2/c16-13(11-12-6-8-15-9-7-12)3-1-4-14-5-2-10-17-14/h12,14-15H,1-11H2. The molecule has 0 bridgehead atoms. The number of hydrogen-bond donors (Lipinski definition) is 1. The van der Waals surface area contributed by atoms with Crippen LogP contribution in [0.1, 0.15) is 51.4 Å². The second kappa shape index (κ2) is 7.12. The molecule has 2 fully saturated rings. The van der Waals surface area contributed by atoms with Gasteiger partial charge in [0, 0.05) is 19.4 Å². The highest BCUT2D eigenvalue weighted by molar-refractivity contribution is 5.78.